The fraction of sp³-hybridized carbons (Fsp3) is 0.325. The summed E-state index contributed by atoms with van der Waals surface area (Å²) < 4.78 is 26.8. The van der Waals surface area contributed by atoms with Crippen LogP contribution in [0.25, 0.3) is 0 Å². The van der Waals surface area contributed by atoms with Gasteiger partial charge in [0.05, 0.1) is 18.1 Å². The molecule has 0 saturated heterocycles. The van der Waals surface area contributed by atoms with Gasteiger partial charge in [0.25, 0.3) is 0 Å². The molecular formula is C40H44FN7O4. The number of nitrogens with one attached hydrogen (secondary N) is 2. The van der Waals surface area contributed by atoms with Crippen LogP contribution in [0.3, 0.4) is 0 Å². The van der Waals surface area contributed by atoms with Crippen molar-refractivity contribution < 1.29 is 23.5 Å². The number of rotatable bonds is 10. The molecule has 1 aliphatic heterocycles. The van der Waals surface area contributed by atoms with Crippen LogP contribution < -0.4 is 20.3 Å². The average Bonchev–Trinajstić information content (AvgIpc) is 3.53. The Balaban J connectivity index is 1.20. The predicted octanol–water partition coefficient (Wildman–Crippen LogP) is 7.39. The number of nitrogens with zero attached hydrogens (tertiary/aromatic N) is 5. The van der Waals surface area contributed by atoms with E-state index >= 15 is 0 Å². The number of ether oxygens (including phenoxy) is 2. The number of amides is 1. The highest BCUT2D eigenvalue weighted by Gasteiger charge is 2.30. The lowest BCUT2D eigenvalue weighted by Gasteiger charge is -2.37. The predicted molar refractivity (Wildman–Crippen MR) is 197 cm³/mol. The molecule has 1 amide bonds. The van der Waals surface area contributed by atoms with Crippen LogP contribution in [0.15, 0.2) is 85.3 Å². The summed E-state index contributed by atoms with van der Waals surface area (Å²) in [5.74, 6) is 0.601. The van der Waals surface area contributed by atoms with Crippen molar-refractivity contribution >= 4 is 29.5 Å². The van der Waals surface area contributed by atoms with Gasteiger partial charge in [-0.05, 0) is 101 Å². The highest BCUT2D eigenvalue weighted by molar-refractivity contribution is 5.83. The Labute approximate surface area is 303 Å². The summed E-state index contributed by atoms with van der Waals surface area (Å²) in [5, 5.41) is 5.90. The van der Waals surface area contributed by atoms with Crippen molar-refractivity contribution in [2.75, 3.05) is 16.8 Å². The van der Waals surface area contributed by atoms with Gasteiger partial charge in [-0.25, -0.2) is 23.9 Å². The molecule has 0 radical (unpaired) electrons. The summed E-state index contributed by atoms with van der Waals surface area (Å²) in [4.78, 5) is 42.8. The number of alkyl carbamates (subject to hydrolysis) is 1. The van der Waals surface area contributed by atoms with Gasteiger partial charge < -0.3 is 29.6 Å². The van der Waals surface area contributed by atoms with E-state index in [-0.39, 0.29) is 18.3 Å². The zero-order chi connectivity index (χ0) is 37.0. The van der Waals surface area contributed by atoms with E-state index in [0.717, 1.165) is 46.7 Å². The van der Waals surface area contributed by atoms with Gasteiger partial charge >= 0.3 is 12.1 Å². The number of fused-ring (bicyclic) bond motifs is 1. The third kappa shape index (κ3) is 8.92. The van der Waals surface area contributed by atoms with Gasteiger partial charge in [-0.3, -0.25) is 0 Å². The van der Waals surface area contributed by atoms with E-state index in [4.69, 9.17) is 14.5 Å². The number of halogens is 1. The second kappa shape index (κ2) is 15.2. The zero-order valence-electron chi connectivity index (χ0n) is 30.3. The number of imidazole rings is 1. The van der Waals surface area contributed by atoms with Gasteiger partial charge in [-0.2, -0.15) is 4.98 Å². The van der Waals surface area contributed by atoms with Gasteiger partial charge in [0.2, 0.25) is 5.95 Å². The van der Waals surface area contributed by atoms with Crippen LogP contribution in [0, 0.1) is 19.7 Å². The lowest BCUT2D eigenvalue weighted by Crippen LogP contribution is -2.46. The summed E-state index contributed by atoms with van der Waals surface area (Å²) >= 11 is 0. The van der Waals surface area contributed by atoms with Crippen LogP contribution >= 0.6 is 0 Å². The number of anilines is 3. The van der Waals surface area contributed by atoms with E-state index in [1.54, 1.807) is 45.3 Å². The summed E-state index contributed by atoms with van der Waals surface area (Å²) in [7, 11) is 0. The minimum Gasteiger partial charge on any atom is -0.444 e. The number of carbonyl (C=O) groups excluding carboxylic acids is 2. The highest BCUT2D eigenvalue weighted by Crippen LogP contribution is 2.37. The van der Waals surface area contributed by atoms with E-state index < -0.39 is 23.7 Å². The Bertz CT molecular complexity index is 2040. The largest absolute Gasteiger partial charge is 0.444 e. The Morgan fingerprint density at radius 3 is 2.50 bits per heavy atom. The number of hydrogen-bond acceptors (Lipinski definition) is 9. The first-order valence-corrected chi connectivity index (χ1v) is 17.3. The Kier molecular flexibility index (Phi) is 10.5. The Morgan fingerprint density at radius 2 is 1.77 bits per heavy atom. The van der Waals surface area contributed by atoms with Crippen molar-refractivity contribution in [3.8, 4) is 5.75 Å². The fourth-order valence-corrected chi connectivity index (χ4v) is 6.19. The molecule has 3 aromatic carbocycles. The third-order valence-electron chi connectivity index (χ3n) is 8.89. The minimum absolute atomic E-state index is 0.107. The van der Waals surface area contributed by atoms with Crippen LogP contribution in [-0.4, -0.2) is 49.8 Å². The molecule has 6 rings (SSSR count). The normalized spacial score (nSPS) is 14.7. The second-order valence-electron chi connectivity index (χ2n) is 14.0. The average molecular weight is 706 g/mol. The smallest absolute Gasteiger partial charge is 0.408 e. The minimum atomic E-state index is -1.06. The van der Waals surface area contributed by atoms with Crippen LogP contribution in [-0.2, 0) is 28.9 Å². The van der Waals surface area contributed by atoms with E-state index in [0.29, 0.717) is 29.6 Å². The van der Waals surface area contributed by atoms with Crippen molar-refractivity contribution in [1.29, 1.82) is 0 Å². The zero-order valence-corrected chi connectivity index (χ0v) is 30.3. The molecule has 0 fully saturated rings. The number of carbonyl (C=O) groups is 2. The molecule has 2 N–H and O–H groups in total. The maximum absolute atomic E-state index is 13.8. The summed E-state index contributed by atoms with van der Waals surface area (Å²) in [5.41, 5.74) is 5.57. The third-order valence-corrected chi connectivity index (χ3v) is 8.89. The van der Waals surface area contributed by atoms with Crippen LogP contribution in [0.1, 0.15) is 67.4 Å². The van der Waals surface area contributed by atoms with Crippen LogP contribution in [0.5, 0.6) is 5.75 Å². The van der Waals surface area contributed by atoms with Crippen molar-refractivity contribution in [1.82, 2.24) is 24.8 Å². The van der Waals surface area contributed by atoms with Crippen molar-refractivity contribution in [2.45, 2.75) is 78.6 Å². The topological polar surface area (TPSA) is 124 Å². The van der Waals surface area contributed by atoms with E-state index in [9.17, 15) is 14.0 Å². The SMILES string of the molecule is Cc1nc(Nc2ccc(F)cc2)nc(N2CCc3ccc(OC(=O)[C@H](Cc4cn(Cc5ccccc5)cn4)NC(=O)OC(C)(C)C)cc3C2C)c1C. The molecule has 2 aromatic heterocycles. The molecule has 52 heavy (non-hydrogen) atoms. The molecule has 0 bridgehead atoms. The van der Waals surface area contributed by atoms with Crippen LogP contribution in [0.4, 0.5) is 26.6 Å². The Morgan fingerprint density at radius 1 is 1.02 bits per heavy atom. The first-order valence-electron chi connectivity index (χ1n) is 17.3. The molecule has 11 nitrogen and oxygen atoms in total. The number of hydrogen-bond donors (Lipinski definition) is 2. The lowest BCUT2D eigenvalue weighted by atomic mass is 9.93. The maximum atomic E-state index is 13.8. The molecule has 3 heterocycles. The molecule has 1 unspecified atom stereocenters. The van der Waals surface area contributed by atoms with Gasteiger partial charge in [0.1, 0.15) is 29.0 Å². The molecule has 270 valence electrons. The number of esters is 1. The molecule has 12 heteroatoms. The van der Waals surface area contributed by atoms with Gasteiger partial charge in [-0.15, -0.1) is 0 Å². The lowest BCUT2D eigenvalue weighted by molar-refractivity contribution is -0.136. The van der Waals surface area contributed by atoms with Gasteiger partial charge in [0, 0.05) is 42.7 Å². The highest BCUT2D eigenvalue weighted by atomic mass is 19.1. The van der Waals surface area contributed by atoms with E-state index in [1.165, 1.54) is 12.1 Å². The summed E-state index contributed by atoms with van der Waals surface area (Å²) in [6, 6.07) is 20.5. The molecule has 2 atom stereocenters. The quantitative estimate of drug-likeness (QED) is 0.113. The van der Waals surface area contributed by atoms with Crippen LogP contribution in [0.2, 0.25) is 0 Å². The number of aromatic nitrogens is 4. The second-order valence-corrected chi connectivity index (χ2v) is 14.0. The molecule has 1 aliphatic rings. The summed E-state index contributed by atoms with van der Waals surface area (Å²) in [6.07, 6.45) is 3.70. The molecule has 0 spiro atoms. The van der Waals surface area contributed by atoms with Gasteiger partial charge in [0.15, 0.2) is 0 Å². The summed E-state index contributed by atoms with van der Waals surface area (Å²) in [6.45, 7) is 12.6. The van der Waals surface area contributed by atoms with E-state index in [2.05, 4.69) is 32.4 Å². The Hall–Kier alpha value is -5.78. The van der Waals surface area contributed by atoms with Crippen molar-refractivity contribution in [2.24, 2.45) is 0 Å². The first kappa shape index (κ1) is 36.0. The molecule has 0 aliphatic carbocycles. The number of benzene rings is 3. The monoisotopic (exact) mass is 705 g/mol. The van der Waals surface area contributed by atoms with Crippen molar-refractivity contribution in [3.63, 3.8) is 0 Å². The van der Waals surface area contributed by atoms with E-state index in [1.807, 2.05) is 67.1 Å². The maximum Gasteiger partial charge on any atom is 0.408 e. The molecule has 0 saturated carbocycles. The van der Waals surface area contributed by atoms with Crippen molar-refractivity contribution in [3.05, 3.63) is 125 Å². The molecule has 5 aromatic rings. The number of aryl methyl sites for hydroxylation is 1. The van der Waals surface area contributed by atoms with Gasteiger partial charge in [-0.1, -0.05) is 36.4 Å². The first-order chi connectivity index (χ1) is 24.8. The molecular weight excluding hydrogens is 661 g/mol. The standard InChI is InChI=1S/C40H44FN7O4/c1-25-26(2)43-38(44-31-15-13-30(41)14-16-31)46-36(25)48-19-18-29-12-17-33(21-34(29)27(48)3)51-37(49)35(45-39(50)52-40(4,5)6)20-32-23-47(24-42-32)22-28-10-8-7-9-11-28/h7-17,21,23-24,27,35H,18-20,22H2,1-6H3,(H,45,50)(H,43,44,46)/t27?,35-/m0/s1. The fourth-order valence-electron chi connectivity index (χ4n) is 6.19.